The van der Waals surface area contributed by atoms with Gasteiger partial charge in [0.25, 0.3) is 0 Å². The van der Waals surface area contributed by atoms with Crippen molar-refractivity contribution in [3.63, 3.8) is 0 Å². The monoisotopic (exact) mass is 296 g/mol. The van der Waals surface area contributed by atoms with Gasteiger partial charge in [0.15, 0.2) is 0 Å². The van der Waals surface area contributed by atoms with E-state index in [4.69, 9.17) is 8.83 Å². The Kier molecular flexibility index (Phi) is 5.11. The fourth-order valence-corrected chi connectivity index (χ4v) is 3.50. The molecule has 0 aromatic carbocycles. The standard InChI is InChI=1S/C15H20O2S2/c1-5-19-14-9-12(17-11(14)3)6-7-13-15(18-4)8-10(2)16-13/h8-9H,5-7H2,1-4H3. The average molecular weight is 296 g/mol. The Bertz CT molecular complexity index is 540. The first kappa shape index (κ1) is 14.7. The maximum atomic E-state index is 5.80. The first-order chi connectivity index (χ1) is 9.13. The van der Waals surface area contributed by atoms with Crippen molar-refractivity contribution >= 4 is 23.5 Å². The van der Waals surface area contributed by atoms with Crippen LogP contribution in [0.15, 0.2) is 30.8 Å². The molecule has 0 N–H and O–H groups in total. The van der Waals surface area contributed by atoms with Crippen LogP contribution in [0.2, 0.25) is 0 Å². The fraction of sp³-hybridized carbons (Fsp3) is 0.467. The minimum Gasteiger partial charge on any atom is -0.465 e. The van der Waals surface area contributed by atoms with Crippen LogP contribution in [0, 0.1) is 13.8 Å². The van der Waals surface area contributed by atoms with Crippen molar-refractivity contribution in [1.82, 2.24) is 0 Å². The number of furan rings is 2. The summed E-state index contributed by atoms with van der Waals surface area (Å²) in [6.45, 7) is 6.19. The van der Waals surface area contributed by atoms with Crippen LogP contribution in [0.25, 0.3) is 0 Å². The second-order valence-corrected chi connectivity index (χ2v) is 6.57. The molecule has 0 bridgehead atoms. The minimum atomic E-state index is 0.894. The highest BCUT2D eigenvalue weighted by Crippen LogP contribution is 2.28. The lowest BCUT2D eigenvalue weighted by Gasteiger charge is -1.98. The molecule has 0 aliphatic carbocycles. The number of rotatable bonds is 6. The predicted molar refractivity (Wildman–Crippen MR) is 82.5 cm³/mol. The lowest BCUT2D eigenvalue weighted by atomic mass is 10.2. The van der Waals surface area contributed by atoms with Gasteiger partial charge in [-0.3, -0.25) is 0 Å². The van der Waals surface area contributed by atoms with E-state index in [1.54, 1.807) is 11.8 Å². The first-order valence-corrected chi connectivity index (χ1v) is 8.70. The summed E-state index contributed by atoms with van der Waals surface area (Å²) in [4.78, 5) is 2.50. The molecule has 2 heterocycles. The van der Waals surface area contributed by atoms with Gasteiger partial charge in [-0.25, -0.2) is 0 Å². The smallest absolute Gasteiger partial charge is 0.118 e. The Morgan fingerprint density at radius 1 is 1.05 bits per heavy atom. The van der Waals surface area contributed by atoms with Gasteiger partial charge in [0.2, 0.25) is 0 Å². The van der Waals surface area contributed by atoms with Gasteiger partial charge in [0, 0.05) is 22.6 Å². The van der Waals surface area contributed by atoms with E-state index in [1.807, 2.05) is 25.6 Å². The van der Waals surface area contributed by atoms with Crippen LogP contribution >= 0.6 is 23.5 Å². The number of aryl methyl sites for hydroxylation is 4. The quantitative estimate of drug-likeness (QED) is 0.692. The molecule has 0 spiro atoms. The highest BCUT2D eigenvalue weighted by molar-refractivity contribution is 7.99. The van der Waals surface area contributed by atoms with Gasteiger partial charge in [-0.15, -0.1) is 23.5 Å². The Labute approximate surface area is 123 Å². The Morgan fingerprint density at radius 3 is 2.53 bits per heavy atom. The van der Waals surface area contributed by atoms with Crippen molar-refractivity contribution in [2.75, 3.05) is 12.0 Å². The fourth-order valence-electron chi connectivity index (χ4n) is 2.07. The summed E-state index contributed by atoms with van der Waals surface area (Å²) in [5.41, 5.74) is 0. The van der Waals surface area contributed by atoms with Gasteiger partial charge >= 0.3 is 0 Å². The van der Waals surface area contributed by atoms with Crippen molar-refractivity contribution in [2.24, 2.45) is 0 Å². The molecule has 2 aromatic rings. The topological polar surface area (TPSA) is 26.3 Å². The third-order valence-corrected chi connectivity index (χ3v) is 4.73. The summed E-state index contributed by atoms with van der Waals surface area (Å²) < 4.78 is 11.5. The molecule has 0 unspecified atom stereocenters. The van der Waals surface area contributed by atoms with Gasteiger partial charge < -0.3 is 8.83 Å². The normalized spacial score (nSPS) is 11.2. The average Bonchev–Trinajstić information content (AvgIpc) is 2.91. The van der Waals surface area contributed by atoms with E-state index in [1.165, 1.54) is 9.79 Å². The van der Waals surface area contributed by atoms with Crippen molar-refractivity contribution in [2.45, 2.75) is 43.4 Å². The molecule has 19 heavy (non-hydrogen) atoms. The largest absolute Gasteiger partial charge is 0.465 e. The summed E-state index contributed by atoms with van der Waals surface area (Å²) in [7, 11) is 0. The zero-order valence-corrected chi connectivity index (χ0v) is 13.5. The first-order valence-electron chi connectivity index (χ1n) is 6.49. The molecule has 0 radical (unpaired) electrons. The highest BCUT2D eigenvalue weighted by atomic mass is 32.2. The minimum absolute atomic E-state index is 0.894. The molecule has 0 aliphatic heterocycles. The lowest BCUT2D eigenvalue weighted by Crippen LogP contribution is -1.89. The predicted octanol–water partition coefficient (Wildman–Crippen LogP) is 5.11. The van der Waals surface area contributed by atoms with Crippen LogP contribution in [0.4, 0.5) is 0 Å². The van der Waals surface area contributed by atoms with Crippen molar-refractivity contribution in [3.05, 3.63) is 35.2 Å². The van der Waals surface area contributed by atoms with Crippen LogP contribution in [0.5, 0.6) is 0 Å². The van der Waals surface area contributed by atoms with Gasteiger partial charge in [-0.05, 0) is 38.0 Å². The maximum Gasteiger partial charge on any atom is 0.118 e. The number of thioether (sulfide) groups is 2. The molecule has 0 amide bonds. The zero-order chi connectivity index (χ0) is 13.8. The second kappa shape index (κ2) is 6.62. The molecular weight excluding hydrogens is 276 g/mol. The van der Waals surface area contributed by atoms with Crippen molar-refractivity contribution in [3.8, 4) is 0 Å². The third-order valence-electron chi connectivity index (χ3n) is 2.93. The molecule has 0 fully saturated rings. The molecule has 104 valence electrons. The van der Waals surface area contributed by atoms with E-state index in [0.717, 1.165) is 41.6 Å². The molecule has 2 aromatic heterocycles. The van der Waals surface area contributed by atoms with Crippen molar-refractivity contribution < 1.29 is 8.83 Å². The highest BCUT2D eigenvalue weighted by Gasteiger charge is 2.11. The lowest BCUT2D eigenvalue weighted by molar-refractivity contribution is 0.446. The Hall–Kier alpha value is -0.740. The molecule has 0 atom stereocenters. The van der Waals surface area contributed by atoms with E-state index in [-0.39, 0.29) is 0 Å². The van der Waals surface area contributed by atoms with Gasteiger partial charge in [-0.2, -0.15) is 0 Å². The van der Waals surface area contributed by atoms with Crippen LogP contribution in [0.3, 0.4) is 0 Å². The van der Waals surface area contributed by atoms with E-state index in [9.17, 15) is 0 Å². The van der Waals surface area contributed by atoms with Gasteiger partial charge in [0.1, 0.15) is 23.0 Å². The SMILES string of the molecule is CCSc1cc(CCc2oc(C)cc2SC)oc1C. The molecule has 2 nitrogen and oxygen atoms in total. The van der Waals surface area contributed by atoms with Gasteiger partial charge in [0.05, 0.1) is 0 Å². The van der Waals surface area contributed by atoms with Crippen LogP contribution in [-0.2, 0) is 12.8 Å². The molecule has 0 aliphatic rings. The van der Waals surface area contributed by atoms with E-state index < -0.39 is 0 Å². The summed E-state index contributed by atoms with van der Waals surface area (Å²) >= 11 is 3.57. The van der Waals surface area contributed by atoms with Crippen LogP contribution < -0.4 is 0 Å². The zero-order valence-electron chi connectivity index (χ0n) is 11.9. The summed E-state index contributed by atoms with van der Waals surface area (Å²) in [5.74, 6) is 5.21. The maximum absolute atomic E-state index is 5.80. The van der Waals surface area contributed by atoms with Crippen LogP contribution in [-0.4, -0.2) is 12.0 Å². The van der Waals surface area contributed by atoms with E-state index >= 15 is 0 Å². The number of hydrogen-bond donors (Lipinski definition) is 0. The van der Waals surface area contributed by atoms with E-state index in [2.05, 4.69) is 25.3 Å². The number of hydrogen-bond acceptors (Lipinski definition) is 4. The summed E-state index contributed by atoms with van der Waals surface area (Å²) in [6, 6.07) is 4.27. The van der Waals surface area contributed by atoms with E-state index in [0.29, 0.717) is 0 Å². The van der Waals surface area contributed by atoms with Gasteiger partial charge in [-0.1, -0.05) is 6.92 Å². The summed E-state index contributed by atoms with van der Waals surface area (Å²) in [6.07, 6.45) is 3.87. The van der Waals surface area contributed by atoms with Crippen molar-refractivity contribution in [1.29, 1.82) is 0 Å². The third kappa shape index (κ3) is 3.63. The Balaban J connectivity index is 2.03. The van der Waals surface area contributed by atoms with Crippen LogP contribution in [0.1, 0.15) is 30.0 Å². The molecule has 0 saturated carbocycles. The summed E-state index contributed by atoms with van der Waals surface area (Å²) in [5, 5.41) is 0. The molecular formula is C15H20O2S2. The second-order valence-electron chi connectivity index (χ2n) is 4.41. The molecule has 0 saturated heterocycles. The molecule has 2 rings (SSSR count). The molecule has 4 heteroatoms. The Morgan fingerprint density at radius 2 is 1.84 bits per heavy atom.